The average molecular weight is 409 g/mol. The molecule has 0 saturated heterocycles. The molecule has 146 valence electrons. The minimum Gasteiger partial charge on any atom is -0.348 e. The third-order valence-corrected chi connectivity index (χ3v) is 5.74. The van der Waals surface area contributed by atoms with Crippen LogP contribution in [-0.4, -0.2) is 27.1 Å². The topological polar surface area (TPSA) is 66.5 Å². The minimum absolute atomic E-state index is 0.176. The van der Waals surface area contributed by atoms with Crippen molar-refractivity contribution in [2.45, 2.75) is 33.2 Å². The predicted octanol–water partition coefficient (Wildman–Crippen LogP) is 3.99. The second kappa shape index (κ2) is 8.76. The summed E-state index contributed by atoms with van der Waals surface area (Å²) in [4.78, 5) is 12.6. The van der Waals surface area contributed by atoms with Crippen LogP contribution in [0, 0.1) is 13.8 Å². The summed E-state index contributed by atoms with van der Waals surface area (Å²) in [6.45, 7) is 5.72. The quantitative estimate of drug-likeness (QED) is 0.753. The Bertz CT molecular complexity index is 911. The maximum Gasteiger partial charge on any atom is 0.241 e. The van der Waals surface area contributed by atoms with Crippen molar-refractivity contribution >= 4 is 33.2 Å². The summed E-state index contributed by atoms with van der Waals surface area (Å²) in [6.07, 6.45) is 1.78. The van der Waals surface area contributed by atoms with E-state index in [4.69, 9.17) is 11.6 Å². The van der Waals surface area contributed by atoms with Gasteiger partial charge >= 0.3 is 0 Å². The molecular weight excluding hydrogens is 384 g/mol. The van der Waals surface area contributed by atoms with E-state index >= 15 is 0 Å². The molecule has 1 amide bonds. The van der Waals surface area contributed by atoms with E-state index in [0.717, 1.165) is 27.3 Å². The number of amides is 1. The van der Waals surface area contributed by atoms with E-state index in [0.29, 0.717) is 17.1 Å². The van der Waals surface area contributed by atoms with Gasteiger partial charge in [0.25, 0.3) is 0 Å². The summed E-state index contributed by atoms with van der Waals surface area (Å²) in [5.74, 6) is -0.359. The maximum absolute atomic E-state index is 12.6. The van der Waals surface area contributed by atoms with Crippen molar-refractivity contribution in [3.05, 3.63) is 64.2 Å². The summed E-state index contributed by atoms with van der Waals surface area (Å²) in [7, 11) is -3.62. The molecule has 2 rings (SSSR count). The van der Waals surface area contributed by atoms with Gasteiger partial charge in [-0.2, -0.15) is 0 Å². The monoisotopic (exact) mass is 408 g/mol. The number of anilines is 1. The minimum atomic E-state index is -3.62. The van der Waals surface area contributed by atoms with E-state index in [1.807, 2.05) is 32.9 Å². The zero-order valence-corrected chi connectivity index (χ0v) is 17.6. The third-order valence-electron chi connectivity index (χ3n) is 4.35. The second-order valence-corrected chi connectivity index (χ2v) is 8.98. The lowest BCUT2D eigenvalue weighted by atomic mass is 9.97. The number of halogens is 1. The molecule has 1 atom stereocenters. The van der Waals surface area contributed by atoms with E-state index < -0.39 is 10.0 Å². The lowest BCUT2D eigenvalue weighted by Crippen LogP contribution is -2.41. The average Bonchev–Trinajstić information content (AvgIpc) is 2.58. The predicted molar refractivity (Wildman–Crippen MR) is 111 cm³/mol. The fraction of sp³-hybridized carbons (Fsp3) is 0.350. The summed E-state index contributed by atoms with van der Waals surface area (Å²) in [6, 6.07) is 12.3. The van der Waals surface area contributed by atoms with Gasteiger partial charge in [-0.1, -0.05) is 42.3 Å². The lowest BCUT2D eigenvalue weighted by molar-refractivity contribution is -0.120. The molecule has 5 nitrogen and oxygen atoms in total. The van der Waals surface area contributed by atoms with Crippen LogP contribution >= 0.6 is 11.6 Å². The Labute approximate surface area is 166 Å². The highest BCUT2D eigenvalue weighted by Gasteiger charge is 2.23. The Morgan fingerprint density at radius 3 is 2.30 bits per heavy atom. The standard InChI is InChI=1S/C20H25ClN2O3S/c1-5-19(18-11-6-14(2)12-15(18)3)22-20(24)13-23(27(4,25)26)17-9-7-16(21)8-10-17/h6-12,19H,5,13H2,1-4H3,(H,22,24). The number of sulfonamides is 1. The molecule has 1 unspecified atom stereocenters. The van der Waals surface area contributed by atoms with Crippen molar-refractivity contribution in [1.82, 2.24) is 5.32 Å². The van der Waals surface area contributed by atoms with E-state index in [9.17, 15) is 13.2 Å². The number of carbonyl (C=O) groups is 1. The van der Waals surface area contributed by atoms with Gasteiger partial charge in [0.2, 0.25) is 15.9 Å². The zero-order valence-electron chi connectivity index (χ0n) is 16.0. The molecule has 0 aliphatic carbocycles. The third kappa shape index (κ3) is 5.71. The van der Waals surface area contributed by atoms with Crippen molar-refractivity contribution < 1.29 is 13.2 Å². The van der Waals surface area contributed by atoms with Crippen molar-refractivity contribution in [2.75, 3.05) is 17.1 Å². The van der Waals surface area contributed by atoms with Crippen LogP contribution < -0.4 is 9.62 Å². The first kappa shape index (κ1) is 21.3. The molecule has 0 heterocycles. The number of aryl methyl sites for hydroxylation is 2. The summed E-state index contributed by atoms with van der Waals surface area (Å²) >= 11 is 5.87. The van der Waals surface area contributed by atoms with Gasteiger partial charge in [0.1, 0.15) is 6.54 Å². The first-order valence-electron chi connectivity index (χ1n) is 8.71. The van der Waals surface area contributed by atoms with Gasteiger partial charge in [-0.15, -0.1) is 0 Å². The number of nitrogens with one attached hydrogen (secondary N) is 1. The van der Waals surface area contributed by atoms with E-state index in [2.05, 4.69) is 11.4 Å². The summed E-state index contributed by atoms with van der Waals surface area (Å²) in [5, 5.41) is 3.45. The number of carbonyl (C=O) groups excluding carboxylic acids is 1. The fourth-order valence-electron chi connectivity index (χ4n) is 2.99. The molecule has 1 N–H and O–H groups in total. The Hall–Kier alpha value is -2.05. The molecule has 0 aromatic heterocycles. The second-order valence-electron chi connectivity index (χ2n) is 6.63. The van der Waals surface area contributed by atoms with Crippen LogP contribution in [0.3, 0.4) is 0 Å². The first-order chi connectivity index (χ1) is 12.6. The molecule has 0 bridgehead atoms. The van der Waals surface area contributed by atoms with Gasteiger partial charge in [0, 0.05) is 5.02 Å². The van der Waals surface area contributed by atoms with E-state index in [1.165, 1.54) is 0 Å². The van der Waals surface area contributed by atoms with Crippen LogP contribution in [0.25, 0.3) is 0 Å². The Morgan fingerprint density at radius 2 is 1.78 bits per heavy atom. The molecular formula is C20H25ClN2O3S. The highest BCUT2D eigenvalue weighted by molar-refractivity contribution is 7.92. The van der Waals surface area contributed by atoms with Gasteiger partial charge in [0.15, 0.2) is 0 Å². The zero-order chi connectivity index (χ0) is 20.2. The van der Waals surface area contributed by atoms with Crippen molar-refractivity contribution in [2.24, 2.45) is 0 Å². The SMILES string of the molecule is CCC(NC(=O)CN(c1ccc(Cl)cc1)S(C)(=O)=O)c1ccc(C)cc1C. The van der Waals surface area contributed by atoms with Crippen LogP contribution in [0.5, 0.6) is 0 Å². The number of hydrogen-bond acceptors (Lipinski definition) is 3. The first-order valence-corrected chi connectivity index (χ1v) is 10.9. The molecule has 0 aliphatic heterocycles. The molecule has 2 aromatic carbocycles. The normalized spacial score (nSPS) is 12.5. The van der Waals surface area contributed by atoms with Crippen molar-refractivity contribution in [3.63, 3.8) is 0 Å². The lowest BCUT2D eigenvalue weighted by Gasteiger charge is -2.25. The van der Waals surface area contributed by atoms with Crippen molar-refractivity contribution in [3.8, 4) is 0 Å². The van der Waals surface area contributed by atoms with Gasteiger partial charge in [-0.25, -0.2) is 8.42 Å². The van der Waals surface area contributed by atoms with Crippen LogP contribution in [0.1, 0.15) is 36.1 Å². The largest absolute Gasteiger partial charge is 0.348 e. The molecule has 0 spiro atoms. The molecule has 27 heavy (non-hydrogen) atoms. The molecule has 0 fully saturated rings. The molecule has 7 heteroatoms. The Kier molecular flexibility index (Phi) is 6.89. The van der Waals surface area contributed by atoms with Crippen molar-refractivity contribution in [1.29, 1.82) is 0 Å². The summed E-state index contributed by atoms with van der Waals surface area (Å²) < 4.78 is 25.4. The number of rotatable bonds is 7. The number of benzene rings is 2. The van der Waals surface area contributed by atoms with Crippen LogP contribution in [0.2, 0.25) is 5.02 Å². The smallest absolute Gasteiger partial charge is 0.241 e. The van der Waals surface area contributed by atoms with Gasteiger partial charge < -0.3 is 5.32 Å². The highest BCUT2D eigenvalue weighted by Crippen LogP contribution is 2.23. The molecule has 0 saturated carbocycles. The Balaban J connectivity index is 2.20. The van der Waals surface area contributed by atoms with Gasteiger partial charge in [-0.05, 0) is 55.7 Å². The maximum atomic E-state index is 12.6. The van der Waals surface area contributed by atoms with Crippen LogP contribution in [-0.2, 0) is 14.8 Å². The van der Waals surface area contributed by atoms with Gasteiger partial charge in [-0.3, -0.25) is 9.10 Å². The van der Waals surface area contributed by atoms with E-state index in [1.54, 1.807) is 24.3 Å². The fourth-order valence-corrected chi connectivity index (χ4v) is 3.98. The number of hydrogen-bond donors (Lipinski definition) is 1. The number of nitrogens with zero attached hydrogens (tertiary/aromatic N) is 1. The van der Waals surface area contributed by atoms with Gasteiger partial charge in [0.05, 0.1) is 18.0 Å². The molecule has 0 aliphatic rings. The molecule has 0 radical (unpaired) electrons. The van der Waals surface area contributed by atoms with Crippen LogP contribution in [0.4, 0.5) is 5.69 Å². The highest BCUT2D eigenvalue weighted by atomic mass is 35.5. The summed E-state index contributed by atoms with van der Waals surface area (Å²) in [5.41, 5.74) is 3.69. The van der Waals surface area contributed by atoms with E-state index in [-0.39, 0.29) is 18.5 Å². The molecule has 2 aromatic rings. The Morgan fingerprint density at radius 1 is 1.15 bits per heavy atom. The van der Waals surface area contributed by atoms with Crippen LogP contribution in [0.15, 0.2) is 42.5 Å².